The molecule has 1 nitrogen and oxygen atoms in total. The van der Waals surface area contributed by atoms with E-state index in [-0.39, 0.29) is 10.8 Å². The first-order valence-electron chi connectivity index (χ1n) is 13.3. The van der Waals surface area contributed by atoms with Gasteiger partial charge in [-0.3, -0.25) is 0 Å². The van der Waals surface area contributed by atoms with Crippen molar-refractivity contribution in [3.8, 4) is 11.1 Å². The lowest BCUT2D eigenvalue weighted by Gasteiger charge is -2.45. The number of hydrogen-bond acceptors (Lipinski definition) is 1. The van der Waals surface area contributed by atoms with Crippen LogP contribution in [-0.2, 0) is 11.8 Å². The Morgan fingerprint density at radius 2 is 1.08 bits per heavy atom. The zero-order valence-electron chi connectivity index (χ0n) is 21.7. The quantitative estimate of drug-likeness (QED) is 0.240. The van der Waals surface area contributed by atoms with E-state index in [1.165, 1.54) is 56.0 Å². The van der Waals surface area contributed by atoms with Crippen LogP contribution in [0.25, 0.3) is 11.1 Å². The summed E-state index contributed by atoms with van der Waals surface area (Å²) in [6, 6.07) is 45.1. The maximum atomic E-state index is 2.46. The summed E-state index contributed by atoms with van der Waals surface area (Å²) in [5.41, 5.74) is 13.1. The van der Waals surface area contributed by atoms with E-state index in [4.69, 9.17) is 0 Å². The maximum absolute atomic E-state index is 2.46. The number of para-hydroxylation sites is 3. The fourth-order valence-corrected chi connectivity index (χ4v) is 6.74. The third kappa shape index (κ3) is 3.17. The van der Waals surface area contributed by atoms with Gasteiger partial charge in [-0.15, -0.1) is 0 Å². The Kier molecular flexibility index (Phi) is 4.75. The van der Waals surface area contributed by atoms with Crippen LogP contribution in [0.15, 0.2) is 121 Å². The predicted octanol–water partition coefficient (Wildman–Crippen LogP) is 9.42. The average Bonchev–Trinajstić information content (AvgIpc) is 3.19. The SMILES string of the molecule is CC(C)(C)Cc1ccc2c(c1)-c1ccccc1C21c2ccccc2N(c2ccccc2)c2ccccc21. The first-order chi connectivity index (χ1) is 18.0. The number of benzene rings is 5. The van der Waals surface area contributed by atoms with Gasteiger partial charge in [-0.2, -0.15) is 0 Å². The molecule has 180 valence electrons. The van der Waals surface area contributed by atoms with Crippen LogP contribution >= 0.6 is 0 Å². The summed E-state index contributed by atoms with van der Waals surface area (Å²) in [4.78, 5) is 2.44. The van der Waals surface area contributed by atoms with Crippen molar-refractivity contribution < 1.29 is 0 Å². The number of rotatable bonds is 2. The van der Waals surface area contributed by atoms with Gasteiger partial charge in [-0.1, -0.05) is 118 Å². The standard InChI is InChI=1S/C36H31N/c1-35(2,3)24-25-21-22-30-28(23-25)27-15-7-8-16-29(27)36(30)31-17-9-11-19-33(31)37(26-13-5-4-6-14-26)34-20-12-10-18-32(34)36/h4-23H,24H2,1-3H3. The highest BCUT2D eigenvalue weighted by atomic mass is 15.2. The van der Waals surface area contributed by atoms with Crippen molar-refractivity contribution >= 4 is 17.1 Å². The van der Waals surface area contributed by atoms with Gasteiger partial charge in [0.15, 0.2) is 0 Å². The summed E-state index contributed by atoms with van der Waals surface area (Å²) in [6.07, 6.45) is 1.06. The lowest BCUT2D eigenvalue weighted by Crippen LogP contribution is -2.36. The third-order valence-electron chi connectivity index (χ3n) is 7.96. The highest BCUT2D eigenvalue weighted by molar-refractivity contribution is 5.95. The van der Waals surface area contributed by atoms with Crippen molar-refractivity contribution in [3.05, 3.63) is 149 Å². The topological polar surface area (TPSA) is 3.24 Å². The summed E-state index contributed by atoms with van der Waals surface area (Å²) in [5.74, 6) is 0. The second-order valence-corrected chi connectivity index (χ2v) is 11.6. The minimum atomic E-state index is -0.356. The summed E-state index contributed by atoms with van der Waals surface area (Å²) in [5, 5.41) is 0. The zero-order chi connectivity index (χ0) is 25.2. The van der Waals surface area contributed by atoms with E-state index in [2.05, 4.69) is 147 Å². The van der Waals surface area contributed by atoms with Gasteiger partial charge in [0.05, 0.1) is 16.8 Å². The molecule has 7 rings (SSSR count). The average molecular weight is 478 g/mol. The van der Waals surface area contributed by atoms with Crippen LogP contribution < -0.4 is 4.90 Å². The molecule has 0 bridgehead atoms. The minimum Gasteiger partial charge on any atom is -0.310 e. The second kappa shape index (κ2) is 7.95. The van der Waals surface area contributed by atoms with E-state index >= 15 is 0 Å². The van der Waals surface area contributed by atoms with Crippen molar-refractivity contribution in [2.45, 2.75) is 32.6 Å². The third-order valence-corrected chi connectivity index (χ3v) is 7.96. The van der Waals surface area contributed by atoms with Crippen molar-refractivity contribution in [1.82, 2.24) is 0 Å². The van der Waals surface area contributed by atoms with Gasteiger partial charge < -0.3 is 4.90 Å². The molecule has 5 aromatic rings. The van der Waals surface area contributed by atoms with Crippen LogP contribution in [0.5, 0.6) is 0 Å². The van der Waals surface area contributed by atoms with Gasteiger partial charge in [-0.25, -0.2) is 0 Å². The molecule has 0 aromatic heterocycles. The molecule has 2 aliphatic rings. The van der Waals surface area contributed by atoms with Crippen LogP contribution in [0.1, 0.15) is 48.6 Å². The van der Waals surface area contributed by atoms with Gasteiger partial charge in [0.2, 0.25) is 0 Å². The van der Waals surface area contributed by atoms with E-state index < -0.39 is 0 Å². The largest absolute Gasteiger partial charge is 0.310 e. The van der Waals surface area contributed by atoms with E-state index in [0.29, 0.717) is 0 Å². The first kappa shape index (κ1) is 22.1. The van der Waals surface area contributed by atoms with Crippen LogP contribution in [-0.4, -0.2) is 0 Å². The van der Waals surface area contributed by atoms with Crippen molar-refractivity contribution in [1.29, 1.82) is 0 Å². The fourth-order valence-electron chi connectivity index (χ4n) is 6.74. The molecule has 1 heterocycles. The highest BCUT2D eigenvalue weighted by Crippen LogP contribution is 2.63. The number of anilines is 3. The molecule has 0 saturated heterocycles. The Morgan fingerprint density at radius 3 is 1.73 bits per heavy atom. The van der Waals surface area contributed by atoms with E-state index in [1.807, 2.05) is 0 Å². The molecule has 0 radical (unpaired) electrons. The van der Waals surface area contributed by atoms with Crippen LogP contribution in [0.3, 0.4) is 0 Å². The molecule has 0 atom stereocenters. The van der Waals surface area contributed by atoms with E-state index in [0.717, 1.165) is 6.42 Å². The summed E-state index contributed by atoms with van der Waals surface area (Å²) >= 11 is 0. The van der Waals surface area contributed by atoms with Crippen LogP contribution in [0, 0.1) is 5.41 Å². The Morgan fingerprint density at radius 1 is 0.541 bits per heavy atom. The number of hydrogen-bond donors (Lipinski definition) is 0. The van der Waals surface area contributed by atoms with Gasteiger partial charge in [0.1, 0.15) is 0 Å². The summed E-state index contributed by atoms with van der Waals surface area (Å²) in [7, 11) is 0. The molecule has 1 heteroatoms. The molecule has 0 fully saturated rings. The Labute approximate surface area is 220 Å². The molecule has 1 aliphatic heterocycles. The number of nitrogens with zero attached hydrogens (tertiary/aromatic N) is 1. The van der Waals surface area contributed by atoms with Gasteiger partial charge in [0, 0.05) is 5.69 Å². The van der Waals surface area contributed by atoms with Crippen LogP contribution in [0.2, 0.25) is 0 Å². The highest BCUT2D eigenvalue weighted by Gasteiger charge is 2.51. The maximum Gasteiger partial charge on any atom is 0.0754 e. The van der Waals surface area contributed by atoms with Crippen molar-refractivity contribution in [3.63, 3.8) is 0 Å². The monoisotopic (exact) mass is 477 g/mol. The molecule has 0 saturated carbocycles. The molecule has 1 spiro atoms. The Hall–Kier alpha value is -4.10. The normalized spacial score (nSPS) is 14.6. The summed E-state index contributed by atoms with van der Waals surface area (Å²) in [6.45, 7) is 6.96. The molecular formula is C36H31N. The molecule has 0 amide bonds. The molecule has 5 aromatic carbocycles. The first-order valence-corrected chi connectivity index (χ1v) is 13.3. The Bertz CT molecular complexity index is 1590. The minimum absolute atomic E-state index is 0.240. The van der Waals surface area contributed by atoms with Gasteiger partial charge >= 0.3 is 0 Å². The van der Waals surface area contributed by atoms with Gasteiger partial charge in [-0.05, 0) is 75.0 Å². The van der Waals surface area contributed by atoms with Crippen molar-refractivity contribution in [2.24, 2.45) is 5.41 Å². The molecule has 0 unspecified atom stereocenters. The van der Waals surface area contributed by atoms with E-state index in [1.54, 1.807) is 0 Å². The van der Waals surface area contributed by atoms with Gasteiger partial charge in [0.25, 0.3) is 0 Å². The summed E-state index contributed by atoms with van der Waals surface area (Å²) < 4.78 is 0. The molecule has 0 N–H and O–H groups in total. The Balaban J connectivity index is 1.58. The smallest absolute Gasteiger partial charge is 0.0754 e. The lowest BCUT2D eigenvalue weighted by molar-refractivity contribution is 0.411. The fraction of sp³-hybridized carbons (Fsp3) is 0.167. The zero-order valence-corrected chi connectivity index (χ0v) is 21.7. The number of fused-ring (bicyclic) bond motifs is 9. The van der Waals surface area contributed by atoms with Crippen LogP contribution in [0.4, 0.5) is 17.1 Å². The molecule has 37 heavy (non-hydrogen) atoms. The van der Waals surface area contributed by atoms with Crippen molar-refractivity contribution in [2.75, 3.05) is 4.90 Å². The predicted molar refractivity (Wildman–Crippen MR) is 155 cm³/mol. The lowest BCUT2D eigenvalue weighted by atomic mass is 9.64. The second-order valence-electron chi connectivity index (χ2n) is 11.6. The van der Waals surface area contributed by atoms with E-state index in [9.17, 15) is 0 Å². The molecule has 1 aliphatic carbocycles. The molecular weight excluding hydrogens is 446 g/mol.